The van der Waals surface area contributed by atoms with Crippen LogP contribution in [0.15, 0.2) is 0 Å². The fraction of sp³-hybridized carbons (Fsp3) is 0.846. The first-order chi connectivity index (χ1) is 9.47. The highest BCUT2D eigenvalue weighted by Crippen LogP contribution is 2.16. The summed E-state index contributed by atoms with van der Waals surface area (Å²) in [4.78, 5) is 25.1. The summed E-state index contributed by atoms with van der Waals surface area (Å²) < 4.78 is 9.91. The molecule has 118 valence electrons. The fourth-order valence-corrected chi connectivity index (χ4v) is 1.78. The number of carboxylic acid groups (broad SMARTS) is 1. The lowest BCUT2D eigenvalue weighted by atomic mass is 9.93. The first-order valence-electron chi connectivity index (χ1n) is 6.75. The Morgan fingerprint density at radius 3 is 1.85 bits per heavy atom. The van der Waals surface area contributed by atoms with Crippen LogP contribution in [0.5, 0.6) is 0 Å². The molecule has 0 unspecified atom stereocenters. The van der Waals surface area contributed by atoms with Gasteiger partial charge in [-0.25, -0.2) is 9.59 Å². The molecule has 0 aliphatic heterocycles. The van der Waals surface area contributed by atoms with Crippen LogP contribution in [0.25, 0.3) is 0 Å². The Morgan fingerprint density at radius 2 is 1.55 bits per heavy atom. The topological polar surface area (TPSA) is 88.1 Å². The summed E-state index contributed by atoms with van der Waals surface area (Å²) >= 11 is 0. The average molecular weight is 290 g/mol. The molecule has 0 heterocycles. The quantitative estimate of drug-likeness (QED) is 0.625. The van der Waals surface area contributed by atoms with Crippen LogP contribution >= 0.6 is 0 Å². The van der Waals surface area contributed by atoms with Crippen LogP contribution in [0.4, 0.5) is 4.79 Å². The van der Waals surface area contributed by atoms with E-state index in [0.717, 1.165) is 0 Å². The van der Waals surface area contributed by atoms with E-state index in [1.165, 1.54) is 4.90 Å². The number of urea groups is 1. The smallest absolute Gasteiger partial charge is 0.329 e. The van der Waals surface area contributed by atoms with Crippen molar-refractivity contribution in [2.24, 2.45) is 0 Å². The van der Waals surface area contributed by atoms with Gasteiger partial charge in [0.2, 0.25) is 0 Å². The predicted octanol–water partition coefficient (Wildman–Crippen LogP) is 0.934. The minimum Gasteiger partial charge on any atom is -0.480 e. The Balaban J connectivity index is 4.81. The molecule has 0 aromatic heterocycles. The van der Waals surface area contributed by atoms with Crippen LogP contribution < -0.4 is 5.32 Å². The zero-order chi connectivity index (χ0) is 15.6. The molecule has 7 nitrogen and oxygen atoms in total. The number of hydrogen-bond donors (Lipinski definition) is 2. The largest absolute Gasteiger partial charge is 0.480 e. The Labute approximate surface area is 120 Å². The first-order valence-corrected chi connectivity index (χ1v) is 6.75. The fourth-order valence-electron chi connectivity index (χ4n) is 1.78. The molecule has 0 atom stereocenters. The second-order valence-electron chi connectivity index (χ2n) is 4.50. The van der Waals surface area contributed by atoms with Gasteiger partial charge < -0.3 is 24.8 Å². The number of aliphatic carboxylic acids is 1. The van der Waals surface area contributed by atoms with Gasteiger partial charge in [0.1, 0.15) is 5.54 Å². The van der Waals surface area contributed by atoms with Crippen molar-refractivity contribution in [2.75, 3.05) is 40.5 Å². The van der Waals surface area contributed by atoms with Crippen LogP contribution in [0.3, 0.4) is 0 Å². The van der Waals surface area contributed by atoms with E-state index in [-0.39, 0.29) is 0 Å². The second kappa shape index (κ2) is 9.55. The lowest BCUT2D eigenvalue weighted by Crippen LogP contribution is -2.58. The third-order valence-electron chi connectivity index (χ3n) is 3.38. The van der Waals surface area contributed by atoms with Gasteiger partial charge in [0.05, 0.1) is 13.2 Å². The summed E-state index contributed by atoms with van der Waals surface area (Å²) in [5.41, 5.74) is -1.23. The van der Waals surface area contributed by atoms with Crippen LogP contribution in [0, 0.1) is 0 Å². The summed E-state index contributed by atoms with van der Waals surface area (Å²) in [5, 5.41) is 11.9. The summed E-state index contributed by atoms with van der Waals surface area (Å²) in [5.74, 6) is -1.02. The summed E-state index contributed by atoms with van der Waals surface area (Å²) in [7, 11) is 3.10. The van der Waals surface area contributed by atoms with Gasteiger partial charge in [-0.1, -0.05) is 13.8 Å². The van der Waals surface area contributed by atoms with Crippen LogP contribution in [-0.4, -0.2) is 68.1 Å². The zero-order valence-corrected chi connectivity index (χ0v) is 12.8. The number of nitrogens with zero attached hydrogens (tertiary/aromatic N) is 1. The lowest BCUT2D eigenvalue weighted by molar-refractivity contribution is -0.144. The predicted molar refractivity (Wildman–Crippen MR) is 74.8 cm³/mol. The van der Waals surface area contributed by atoms with E-state index in [9.17, 15) is 14.7 Å². The van der Waals surface area contributed by atoms with Crippen molar-refractivity contribution in [3.63, 3.8) is 0 Å². The number of rotatable bonds is 10. The Hall–Kier alpha value is -1.34. The average Bonchev–Trinajstić information content (AvgIpc) is 2.44. The maximum atomic E-state index is 12.2. The molecule has 0 saturated carbocycles. The molecule has 20 heavy (non-hydrogen) atoms. The van der Waals surface area contributed by atoms with E-state index < -0.39 is 17.5 Å². The highest BCUT2D eigenvalue weighted by Gasteiger charge is 2.37. The molecule has 2 N–H and O–H groups in total. The minimum atomic E-state index is -1.23. The number of methoxy groups -OCH3 is 2. The molecule has 0 aliphatic rings. The lowest BCUT2D eigenvalue weighted by Gasteiger charge is -2.32. The van der Waals surface area contributed by atoms with E-state index in [4.69, 9.17) is 9.47 Å². The molecule has 7 heteroatoms. The molecule has 0 fully saturated rings. The zero-order valence-electron chi connectivity index (χ0n) is 12.8. The van der Waals surface area contributed by atoms with Gasteiger partial charge >= 0.3 is 12.0 Å². The van der Waals surface area contributed by atoms with Gasteiger partial charge in [0.25, 0.3) is 0 Å². The number of nitrogens with one attached hydrogen (secondary N) is 1. The Bertz CT molecular complexity index is 297. The van der Waals surface area contributed by atoms with Gasteiger partial charge in [-0.05, 0) is 12.8 Å². The standard InChI is InChI=1S/C13H26N2O5/c1-5-13(6-2,11(16)17)14-12(18)15(7-9-19-3)8-10-20-4/h5-10H2,1-4H3,(H,14,18)(H,16,17). The molecule has 0 saturated heterocycles. The number of amides is 2. The van der Waals surface area contributed by atoms with Crippen molar-refractivity contribution in [1.82, 2.24) is 10.2 Å². The van der Waals surface area contributed by atoms with Crippen LogP contribution in [0.2, 0.25) is 0 Å². The molecule has 0 bridgehead atoms. The van der Waals surface area contributed by atoms with Crippen molar-refractivity contribution >= 4 is 12.0 Å². The highest BCUT2D eigenvalue weighted by atomic mass is 16.5. The molecule has 0 aromatic carbocycles. The summed E-state index contributed by atoms with van der Waals surface area (Å²) in [6, 6.07) is -0.412. The monoisotopic (exact) mass is 290 g/mol. The van der Waals surface area contributed by atoms with E-state index in [1.807, 2.05) is 0 Å². The molecule has 0 spiro atoms. The maximum absolute atomic E-state index is 12.2. The number of carboxylic acids is 1. The van der Waals surface area contributed by atoms with Gasteiger partial charge in [-0.2, -0.15) is 0 Å². The molecular formula is C13H26N2O5. The SMILES string of the molecule is CCC(CC)(NC(=O)N(CCOC)CCOC)C(=O)O. The summed E-state index contributed by atoms with van der Waals surface area (Å²) in [6.45, 7) is 5.02. The van der Waals surface area contributed by atoms with Gasteiger partial charge in [0.15, 0.2) is 0 Å². The third kappa shape index (κ3) is 5.34. The molecule has 2 amide bonds. The maximum Gasteiger partial charge on any atom is 0.329 e. The van der Waals surface area contributed by atoms with Crippen molar-refractivity contribution in [3.8, 4) is 0 Å². The van der Waals surface area contributed by atoms with Gasteiger partial charge in [-0.15, -0.1) is 0 Å². The molecule has 0 aromatic rings. The molecular weight excluding hydrogens is 264 g/mol. The number of hydrogen-bond acceptors (Lipinski definition) is 4. The molecule has 0 rings (SSSR count). The number of carbonyl (C=O) groups excluding carboxylic acids is 1. The highest BCUT2D eigenvalue weighted by molar-refractivity contribution is 5.86. The number of carbonyl (C=O) groups is 2. The summed E-state index contributed by atoms with van der Waals surface area (Å²) in [6.07, 6.45) is 0.653. The Morgan fingerprint density at radius 1 is 1.10 bits per heavy atom. The van der Waals surface area contributed by atoms with Crippen LogP contribution in [-0.2, 0) is 14.3 Å². The van der Waals surface area contributed by atoms with Crippen molar-refractivity contribution < 1.29 is 24.2 Å². The number of ether oxygens (including phenoxy) is 2. The van der Waals surface area contributed by atoms with Gasteiger partial charge in [0, 0.05) is 27.3 Å². The van der Waals surface area contributed by atoms with E-state index in [0.29, 0.717) is 39.1 Å². The van der Waals surface area contributed by atoms with E-state index in [1.54, 1.807) is 28.1 Å². The van der Waals surface area contributed by atoms with E-state index >= 15 is 0 Å². The molecule has 0 aliphatic carbocycles. The third-order valence-corrected chi connectivity index (χ3v) is 3.38. The minimum absolute atomic E-state index is 0.326. The normalized spacial score (nSPS) is 11.2. The van der Waals surface area contributed by atoms with Crippen LogP contribution in [0.1, 0.15) is 26.7 Å². The molecule has 0 radical (unpaired) electrons. The van der Waals surface area contributed by atoms with Gasteiger partial charge in [-0.3, -0.25) is 0 Å². The first kappa shape index (κ1) is 18.7. The van der Waals surface area contributed by atoms with Crippen molar-refractivity contribution in [1.29, 1.82) is 0 Å². The Kier molecular flexibility index (Phi) is 8.91. The second-order valence-corrected chi connectivity index (χ2v) is 4.50. The van der Waals surface area contributed by atoms with Crippen molar-refractivity contribution in [3.05, 3.63) is 0 Å². The van der Waals surface area contributed by atoms with E-state index in [2.05, 4.69) is 5.32 Å². The van der Waals surface area contributed by atoms with Crippen molar-refractivity contribution in [2.45, 2.75) is 32.2 Å².